The highest BCUT2D eigenvalue weighted by Gasteiger charge is 2.16. The minimum Gasteiger partial charge on any atom is -0.424 e. The van der Waals surface area contributed by atoms with E-state index in [0.29, 0.717) is 5.82 Å². The molecular formula is C9H11N5O3. The van der Waals surface area contributed by atoms with E-state index < -0.39 is 11.1 Å². The van der Waals surface area contributed by atoms with E-state index in [2.05, 4.69) is 9.97 Å². The second-order valence-corrected chi connectivity index (χ2v) is 3.75. The Morgan fingerprint density at radius 1 is 1.24 bits per heavy atom. The average molecular weight is 237 g/mol. The van der Waals surface area contributed by atoms with Crippen molar-refractivity contribution >= 4 is 17.0 Å². The van der Waals surface area contributed by atoms with Crippen LogP contribution in [-0.2, 0) is 7.05 Å². The first-order valence-electron chi connectivity index (χ1n) is 4.78. The molecule has 17 heavy (non-hydrogen) atoms. The number of anilines is 1. The highest BCUT2D eigenvalue weighted by molar-refractivity contribution is 5.82. The highest BCUT2D eigenvalue weighted by Crippen LogP contribution is 2.17. The van der Waals surface area contributed by atoms with Crippen LogP contribution in [0.25, 0.3) is 11.2 Å². The molecule has 0 unspecified atom stereocenters. The number of aryl methyl sites for hydroxylation is 1. The lowest BCUT2D eigenvalue weighted by atomic mass is 10.4. The van der Waals surface area contributed by atoms with Gasteiger partial charge in [-0.25, -0.2) is 9.97 Å². The fourth-order valence-electron chi connectivity index (χ4n) is 1.55. The predicted octanol–water partition coefficient (Wildman–Crippen LogP) is -1.21. The van der Waals surface area contributed by atoms with Crippen molar-refractivity contribution in [2.75, 3.05) is 19.0 Å². The number of rotatable bonds is 1. The van der Waals surface area contributed by atoms with Crippen molar-refractivity contribution in [3.63, 3.8) is 0 Å². The van der Waals surface area contributed by atoms with E-state index in [1.807, 2.05) is 0 Å². The summed E-state index contributed by atoms with van der Waals surface area (Å²) in [5, 5.41) is 9.68. The van der Waals surface area contributed by atoms with Gasteiger partial charge < -0.3 is 10.1 Å². The third-order valence-corrected chi connectivity index (χ3v) is 2.42. The molecule has 8 heteroatoms. The van der Waals surface area contributed by atoms with Crippen LogP contribution in [0.4, 0.5) is 5.82 Å². The largest absolute Gasteiger partial charge is 0.424 e. The number of aromatic nitrogens is 4. The van der Waals surface area contributed by atoms with Crippen LogP contribution in [-0.4, -0.2) is 38.6 Å². The zero-order chi connectivity index (χ0) is 12.7. The Morgan fingerprint density at radius 2 is 1.88 bits per heavy atom. The summed E-state index contributed by atoms with van der Waals surface area (Å²) in [5.74, 6) is 0.352. The van der Waals surface area contributed by atoms with Gasteiger partial charge in [0.1, 0.15) is 6.33 Å². The van der Waals surface area contributed by atoms with E-state index in [1.165, 1.54) is 13.4 Å². The van der Waals surface area contributed by atoms with Crippen LogP contribution in [0.3, 0.4) is 0 Å². The summed E-state index contributed by atoms with van der Waals surface area (Å²) in [5.41, 5.74) is -1.58. The minimum atomic E-state index is -1.03. The molecule has 2 heterocycles. The monoisotopic (exact) mass is 237 g/mol. The molecule has 0 aromatic carbocycles. The Bertz CT molecular complexity index is 700. The Hall–Kier alpha value is -2.38. The summed E-state index contributed by atoms with van der Waals surface area (Å²) in [6, 6.07) is 0. The van der Waals surface area contributed by atoms with Gasteiger partial charge in [-0.2, -0.15) is 0 Å². The van der Waals surface area contributed by atoms with E-state index in [4.69, 9.17) is 0 Å². The second-order valence-electron chi connectivity index (χ2n) is 3.75. The van der Waals surface area contributed by atoms with Gasteiger partial charge in [0.2, 0.25) is 0 Å². The molecule has 2 aromatic heterocycles. The number of hydrogen-bond donors (Lipinski definition) is 1. The third kappa shape index (κ3) is 1.45. The van der Waals surface area contributed by atoms with Gasteiger partial charge in [-0.3, -0.25) is 14.2 Å². The van der Waals surface area contributed by atoms with Crippen LogP contribution in [0.5, 0.6) is 0 Å². The molecule has 0 aliphatic heterocycles. The van der Waals surface area contributed by atoms with Gasteiger partial charge in [-0.1, -0.05) is 0 Å². The van der Waals surface area contributed by atoms with Crippen molar-refractivity contribution in [2.45, 2.75) is 0 Å². The van der Waals surface area contributed by atoms with E-state index >= 15 is 0 Å². The summed E-state index contributed by atoms with van der Waals surface area (Å²) in [7, 11) is 4.83. The van der Waals surface area contributed by atoms with E-state index in [-0.39, 0.29) is 15.9 Å². The smallest absolute Gasteiger partial charge is 0.349 e. The summed E-state index contributed by atoms with van der Waals surface area (Å²) in [6.07, 6.45) is 1.27. The van der Waals surface area contributed by atoms with Gasteiger partial charge in [-0.05, 0) is 0 Å². The Balaban J connectivity index is 3.12. The third-order valence-electron chi connectivity index (χ3n) is 2.42. The van der Waals surface area contributed by atoms with Gasteiger partial charge in [0.15, 0.2) is 17.0 Å². The predicted molar refractivity (Wildman–Crippen MR) is 60.6 cm³/mol. The molecule has 0 aliphatic carbocycles. The zero-order valence-electron chi connectivity index (χ0n) is 9.58. The molecule has 0 bridgehead atoms. The van der Waals surface area contributed by atoms with E-state index in [1.54, 1.807) is 19.0 Å². The maximum Gasteiger partial charge on any atom is 0.349 e. The fraction of sp³-hybridized carbons (Fsp3) is 0.333. The topological polar surface area (TPSA) is 93.2 Å². The zero-order valence-corrected chi connectivity index (χ0v) is 9.58. The van der Waals surface area contributed by atoms with Crippen molar-refractivity contribution in [3.8, 4) is 0 Å². The maximum atomic E-state index is 11.5. The van der Waals surface area contributed by atoms with Gasteiger partial charge in [0, 0.05) is 21.1 Å². The molecule has 90 valence electrons. The summed E-state index contributed by atoms with van der Waals surface area (Å²) >= 11 is 0. The Labute approximate surface area is 95.3 Å². The molecule has 2 aromatic rings. The quantitative estimate of drug-likeness (QED) is 0.494. The maximum absolute atomic E-state index is 11.5. The summed E-state index contributed by atoms with van der Waals surface area (Å²) in [4.78, 5) is 32.4. The molecule has 0 atom stereocenters. The molecule has 1 N–H and O–H groups in total. The fourth-order valence-corrected chi connectivity index (χ4v) is 1.55. The standard InChI is InChI=1S/C9H11N5O3/c1-12(2)6-5-7(11-4-10-6)13(3)8(15)9(16)14(5)17/h4,17H,1-3H3. The first kappa shape index (κ1) is 11.1. The van der Waals surface area contributed by atoms with Crippen molar-refractivity contribution in [3.05, 3.63) is 27.0 Å². The van der Waals surface area contributed by atoms with Crippen molar-refractivity contribution < 1.29 is 5.21 Å². The Kier molecular flexibility index (Phi) is 2.34. The van der Waals surface area contributed by atoms with Crippen LogP contribution in [0, 0.1) is 0 Å². The lowest BCUT2D eigenvalue weighted by Crippen LogP contribution is -2.40. The van der Waals surface area contributed by atoms with Crippen LogP contribution in [0.1, 0.15) is 0 Å². The molecular weight excluding hydrogens is 226 g/mol. The lowest BCUT2D eigenvalue weighted by Gasteiger charge is -2.15. The molecule has 0 saturated heterocycles. The molecule has 0 fully saturated rings. The van der Waals surface area contributed by atoms with Crippen molar-refractivity contribution in [2.24, 2.45) is 7.05 Å². The molecule has 0 amide bonds. The first-order valence-corrected chi connectivity index (χ1v) is 4.78. The van der Waals surface area contributed by atoms with Crippen LogP contribution < -0.4 is 16.0 Å². The molecule has 0 radical (unpaired) electrons. The van der Waals surface area contributed by atoms with Gasteiger partial charge >= 0.3 is 11.1 Å². The summed E-state index contributed by atoms with van der Waals surface area (Å²) in [6.45, 7) is 0. The SMILES string of the molecule is CN(C)c1ncnc2c1n(O)c(=O)c(=O)n2C. The van der Waals surface area contributed by atoms with E-state index in [9.17, 15) is 14.8 Å². The molecule has 2 rings (SSSR count). The number of nitrogens with zero attached hydrogens (tertiary/aromatic N) is 5. The lowest BCUT2D eigenvalue weighted by molar-refractivity contribution is 0.185. The molecule has 0 spiro atoms. The highest BCUT2D eigenvalue weighted by atomic mass is 16.5. The van der Waals surface area contributed by atoms with Crippen LogP contribution >= 0.6 is 0 Å². The van der Waals surface area contributed by atoms with Gasteiger partial charge in [0.25, 0.3) is 0 Å². The molecule has 8 nitrogen and oxygen atoms in total. The summed E-state index contributed by atoms with van der Waals surface area (Å²) < 4.78 is 1.37. The minimum absolute atomic E-state index is 0.101. The normalized spacial score (nSPS) is 10.8. The van der Waals surface area contributed by atoms with Crippen LogP contribution in [0.15, 0.2) is 15.9 Å². The Morgan fingerprint density at radius 3 is 2.47 bits per heavy atom. The van der Waals surface area contributed by atoms with Crippen molar-refractivity contribution in [1.82, 2.24) is 19.3 Å². The van der Waals surface area contributed by atoms with Crippen LogP contribution in [0.2, 0.25) is 0 Å². The number of fused-ring (bicyclic) bond motifs is 1. The van der Waals surface area contributed by atoms with Crippen molar-refractivity contribution in [1.29, 1.82) is 0 Å². The molecule has 0 saturated carbocycles. The van der Waals surface area contributed by atoms with Gasteiger partial charge in [0.05, 0.1) is 0 Å². The molecule has 0 aliphatic rings. The first-order chi connectivity index (χ1) is 7.95. The second kappa shape index (κ2) is 3.58. The number of hydrogen-bond acceptors (Lipinski definition) is 6. The van der Waals surface area contributed by atoms with E-state index in [0.717, 1.165) is 4.57 Å². The average Bonchev–Trinajstić information content (AvgIpc) is 2.32. The van der Waals surface area contributed by atoms with Gasteiger partial charge in [-0.15, -0.1) is 4.73 Å².